The van der Waals surface area contributed by atoms with Gasteiger partial charge in [0.05, 0.1) is 19.2 Å². The second-order valence-electron chi connectivity index (χ2n) is 4.80. The zero-order valence-corrected chi connectivity index (χ0v) is 11.8. The molecule has 1 unspecified atom stereocenters. The number of hydrogen-bond donors (Lipinski definition) is 1. The van der Waals surface area contributed by atoms with Crippen LogP contribution in [0.3, 0.4) is 0 Å². The third kappa shape index (κ3) is 2.82. The van der Waals surface area contributed by atoms with Crippen molar-refractivity contribution in [2.24, 2.45) is 13.0 Å². The van der Waals surface area contributed by atoms with Crippen molar-refractivity contribution in [3.8, 4) is 16.9 Å². The Morgan fingerprint density at radius 1 is 1.50 bits per heavy atom. The van der Waals surface area contributed by atoms with Crippen LogP contribution in [0.15, 0.2) is 30.5 Å². The van der Waals surface area contributed by atoms with Crippen LogP contribution in [0.1, 0.15) is 12.6 Å². The highest BCUT2D eigenvalue weighted by Gasteiger charge is 2.18. The maximum absolute atomic E-state index is 11.0. The number of hydrogen-bond acceptors (Lipinski definition) is 3. The van der Waals surface area contributed by atoms with Gasteiger partial charge < -0.3 is 9.84 Å². The van der Waals surface area contributed by atoms with E-state index >= 15 is 0 Å². The predicted octanol–water partition coefficient (Wildman–Crippen LogP) is 2.36. The normalized spacial score (nSPS) is 12.2. The lowest BCUT2D eigenvalue weighted by Gasteiger charge is -2.10. The first kappa shape index (κ1) is 14.1. The van der Waals surface area contributed by atoms with Crippen LogP contribution in [0.5, 0.6) is 5.75 Å². The predicted molar refractivity (Wildman–Crippen MR) is 75.7 cm³/mol. The topological polar surface area (TPSA) is 64.4 Å². The summed E-state index contributed by atoms with van der Waals surface area (Å²) in [5.74, 6) is -0.485. The quantitative estimate of drug-likeness (QED) is 0.909. The summed E-state index contributed by atoms with van der Waals surface area (Å²) in [4.78, 5) is 11.0. The van der Waals surface area contributed by atoms with E-state index in [0.717, 1.165) is 22.6 Å². The van der Waals surface area contributed by atoms with Crippen molar-refractivity contribution in [1.29, 1.82) is 0 Å². The molecule has 1 heterocycles. The second kappa shape index (κ2) is 5.77. The van der Waals surface area contributed by atoms with E-state index in [4.69, 9.17) is 9.84 Å². The summed E-state index contributed by atoms with van der Waals surface area (Å²) in [6, 6.07) is 7.67. The number of carbonyl (C=O) groups is 1. The Kier molecular flexibility index (Phi) is 4.08. The summed E-state index contributed by atoms with van der Waals surface area (Å²) in [6.45, 7) is 1.70. The van der Waals surface area contributed by atoms with Crippen molar-refractivity contribution < 1.29 is 14.6 Å². The van der Waals surface area contributed by atoms with E-state index in [2.05, 4.69) is 5.10 Å². The van der Waals surface area contributed by atoms with Crippen LogP contribution in [-0.2, 0) is 18.3 Å². The van der Waals surface area contributed by atoms with Gasteiger partial charge in [-0.05, 0) is 17.7 Å². The molecule has 1 atom stereocenters. The molecule has 106 valence electrons. The molecule has 0 aliphatic carbocycles. The Morgan fingerprint density at radius 2 is 2.25 bits per heavy atom. The van der Waals surface area contributed by atoms with Gasteiger partial charge in [-0.2, -0.15) is 5.10 Å². The Balaban J connectivity index is 2.39. The fraction of sp³-hybridized carbons (Fsp3) is 0.333. The van der Waals surface area contributed by atoms with Crippen LogP contribution in [0.25, 0.3) is 11.1 Å². The van der Waals surface area contributed by atoms with Crippen LogP contribution in [-0.4, -0.2) is 28.0 Å². The first-order chi connectivity index (χ1) is 9.52. The van der Waals surface area contributed by atoms with Crippen LogP contribution in [0.4, 0.5) is 0 Å². The van der Waals surface area contributed by atoms with E-state index in [1.165, 1.54) is 0 Å². The molecule has 0 saturated carbocycles. The Hall–Kier alpha value is -2.30. The molecule has 2 aromatic rings. The van der Waals surface area contributed by atoms with Gasteiger partial charge in [0.15, 0.2) is 0 Å². The standard InChI is InChI=1S/C15H18N2O3/c1-10(15(18)19)7-14-13(9-16-17(14)2)11-5-4-6-12(8-11)20-3/h4-6,8-10H,7H2,1-3H3,(H,18,19). The molecule has 0 saturated heterocycles. The Bertz CT molecular complexity index is 619. The summed E-state index contributed by atoms with van der Waals surface area (Å²) in [5.41, 5.74) is 2.83. The SMILES string of the molecule is COc1cccc(-c2cnn(C)c2CC(C)C(=O)O)c1. The molecule has 0 fully saturated rings. The van der Waals surface area contributed by atoms with Gasteiger partial charge >= 0.3 is 5.97 Å². The largest absolute Gasteiger partial charge is 0.497 e. The van der Waals surface area contributed by atoms with Gasteiger partial charge in [0, 0.05) is 24.7 Å². The lowest BCUT2D eigenvalue weighted by atomic mass is 9.99. The van der Waals surface area contributed by atoms with Crippen LogP contribution < -0.4 is 4.74 Å². The molecule has 1 aromatic heterocycles. The molecule has 0 radical (unpaired) electrons. The smallest absolute Gasteiger partial charge is 0.306 e. The third-order valence-electron chi connectivity index (χ3n) is 3.36. The molecule has 0 aliphatic rings. The number of methoxy groups -OCH3 is 1. The van der Waals surface area contributed by atoms with E-state index < -0.39 is 11.9 Å². The fourth-order valence-electron chi connectivity index (χ4n) is 2.11. The monoisotopic (exact) mass is 274 g/mol. The molecule has 2 rings (SSSR count). The minimum atomic E-state index is -0.803. The highest BCUT2D eigenvalue weighted by Crippen LogP contribution is 2.28. The second-order valence-corrected chi connectivity index (χ2v) is 4.80. The lowest BCUT2D eigenvalue weighted by Crippen LogP contribution is -2.15. The summed E-state index contributed by atoms with van der Waals surface area (Å²) < 4.78 is 6.95. The summed E-state index contributed by atoms with van der Waals surface area (Å²) >= 11 is 0. The number of aliphatic carboxylic acids is 1. The Labute approximate surface area is 117 Å². The molecular weight excluding hydrogens is 256 g/mol. The lowest BCUT2D eigenvalue weighted by molar-refractivity contribution is -0.141. The van der Waals surface area contributed by atoms with Gasteiger partial charge in [-0.1, -0.05) is 19.1 Å². The maximum Gasteiger partial charge on any atom is 0.306 e. The van der Waals surface area contributed by atoms with E-state index in [0.29, 0.717) is 6.42 Å². The number of carboxylic acids is 1. The molecule has 0 bridgehead atoms. The molecule has 0 aliphatic heterocycles. The number of ether oxygens (including phenoxy) is 1. The van der Waals surface area contributed by atoms with Crippen molar-refractivity contribution in [3.63, 3.8) is 0 Å². The van der Waals surface area contributed by atoms with Crippen molar-refractivity contribution in [2.45, 2.75) is 13.3 Å². The van der Waals surface area contributed by atoms with Crippen LogP contribution >= 0.6 is 0 Å². The highest BCUT2D eigenvalue weighted by atomic mass is 16.5. The Morgan fingerprint density at radius 3 is 2.90 bits per heavy atom. The summed E-state index contributed by atoms with van der Waals surface area (Å²) in [6.07, 6.45) is 2.21. The molecule has 5 nitrogen and oxygen atoms in total. The first-order valence-corrected chi connectivity index (χ1v) is 6.41. The van der Waals surface area contributed by atoms with Crippen molar-refractivity contribution in [2.75, 3.05) is 7.11 Å². The third-order valence-corrected chi connectivity index (χ3v) is 3.36. The number of aromatic nitrogens is 2. The van der Waals surface area contributed by atoms with E-state index in [1.807, 2.05) is 31.3 Å². The van der Waals surface area contributed by atoms with E-state index in [9.17, 15) is 4.79 Å². The zero-order chi connectivity index (χ0) is 14.7. The van der Waals surface area contributed by atoms with Crippen molar-refractivity contribution >= 4 is 5.97 Å². The minimum absolute atomic E-state index is 0.443. The highest BCUT2D eigenvalue weighted by molar-refractivity contribution is 5.72. The van der Waals surface area contributed by atoms with Gasteiger partial charge in [0.25, 0.3) is 0 Å². The van der Waals surface area contributed by atoms with Crippen LogP contribution in [0, 0.1) is 5.92 Å². The number of nitrogens with zero attached hydrogens (tertiary/aromatic N) is 2. The maximum atomic E-state index is 11.0. The first-order valence-electron chi connectivity index (χ1n) is 6.41. The van der Waals surface area contributed by atoms with Gasteiger partial charge in [0.2, 0.25) is 0 Å². The van der Waals surface area contributed by atoms with E-state index in [-0.39, 0.29) is 0 Å². The molecule has 1 N–H and O–H groups in total. The fourth-order valence-corrected chi connectivity index (χ4v) is 2.11. The summed E-state index contributed by atoms with van der Waals surface area (Å²) in [7, 11) is 3.45. The molecule has 5 heteroatoms. The van der Waals surface area contributed by atoms with Crippen molar-refractivity contribution in [1.82, 2.24) is 9.78 Å². The van der Waals surface area contributed by atoms with Gasteiger partial charge in [0.1, 0.15) is 5.75 Å². The van der Waals surface area contributed by atoms with Crippen LogP contribution in [0.2, 0.25) is 0 Å². The number of carboxylic acid groups (broad SMARTS) is 1. The van der Waals surface area contributed by atoms with Crippen molar-refractivity contribution in [3.05, 3.63) is 36.2 Å². The van der Waals surface area contributed by atoms with Gasteiger partial charge in [-0.15, -0.1) is 0 Å². The minimum Gasteiger partial charge on any atom is -0.497 e. The number of rotatable bonds is 5. The van der Waals surface area contributed by atoms with Gasteiger partial charge in [-0.3, -0.25) is 9.48 Å². The average molecular weight is 274 g/mol. The molecule has 1 aromatic carbocycles. The number of aryl methyl sites for hydroxylation is 1. The van der Waals surface area contributed by atoms with E-state index in [1.54, 1.807) is 24.9 Å². The molecule has 0 spiro atoms. The molecule has 0 amide bonds. The average Bonchev–Trinajstić information content (AvgIpc) is 2.80. The summed E-state index contributed by atoms with van der Waals surface area (Å²) in [5, 5.41) is 13.3. The molecular formula is C15H18N2O3. The zero-order valence-electron chi connectivity index (χ0n) is 11.8. The number of benzene rings is 1. The molecule has 20 heavy (non-hydrogen) atoms. The van der Waals surface area contributed by atoms with Gasteiger partial charge in [-0.25, -0.2) is 0 Å².